The third-order valence-electron chi connectivity index (χ3n) is 2.88. The van der Waals surface area contributed by atoms with Gasteiger partial charge in [0.15, 0.2) is 0 Å². The molecule has 0 fully saturated rings. The molecule has 5 nitrogen and oxygen atoms in total. The first-order valence-corrected chi connectivity index (χ1v) is 7.72. The Morgan fingerprint density at radius 3 is 1.67 bits per heavy atom. The standard InChI is InChI=1S/C15H14N5P/c16-11-4-6-14(19-9-11)21(13-3-1-2-8-18-13)15-7-5-12(17)10-20-15/h1-10H,16-17H2. The number of nitrogens with zero attached hydrogens (tertiary/aromatic N) is 3. The number of aromatic nitrogens is 3. The van der Waals surface area contributed by atoms with Gasteiger partial charge >= 0.3 is 0 Å². The zero-order chi connectivity index (χ0) is 14.7. The summed E-state index contributed by atoms with van der Waals surface area (Å²) in [5.41, 5.74) is 15.5. The minimum atomic E-state index is -0.915. The van der Waals surface area contributed by atoms with E-state index in [1.165, 1.54) is 0 Å². The summed E-state index contributed by atoms with van der Waals surface area (Å²) in [5, 5.41) is 0. The van der Waals surface area contributed by atoms with Crippen molar-refractivity contribution >= 4 is 35.6 Å². The Balaban J connectivity index is 2.11. The molecule has 0 atom stereocenters. The molecule has 0 saturated heterocycles. The van der Waals surface area contributed by atoms with Crippen LogP contribution in [0.1, 0.15) is 0 Å². The highest BCUT2D eigenvalue weighted by Crippen LogP contribution is 2.30. The third kappa shape index (κ3) is 2.98. The van der Waals surface area contributed by atoms with Crippen LogP contribution < -0.4 is 27.8 Å². The largest absolute Gasteiger partial charge is 0.397 e. The fraction of sp³-hybridized carbons (Fsp3) is 0. The summed E-state index contributed by atoms with van der Waals surface area (Å²) in [4.78, 5) is 13.4. The van der Waals surface area contributed by atoms with Gasteiger partial charge in [-0.3, -0.25) is 15.0 Å². The average Bonchev–Trinajstić information content (AvgIpc) is 2.52. The highest BCUT2D eigenvalue weighted by atomic mass is 31.1. The highest BCUT2D eigenvalue weighted by molar-refractivity contribution is 7.79. The van der Waals surface area contributed by atoms with Gasteiger partial charge in [0.1, 0.15) is 0 Å². The average molecular weight is 295 g/mol. The Morgan fingerprint density at radius 1 is 0.667 bits per heavy atom. The van der Waals surface area contributed by atoms with E-state index >= 15 is 0 Å². The summed E-state index contributed by atoms with van der Waals surface area (Å²) < 4.78 is 0. The predicted molar refractivity (Wildman–Crippen MR) is 87.4 cm³/mol. The maximum absolute atomic E-state index is 5.72. The minimum absolute atomic E-state index is 0.639. The van der Waals surface area contributed by atoms with Crippen LogP contribution in [0.5, 0.6) is 0 Å². The monoisotopic (exact) mass is 295 g/mol. The van der Waals surface area contributed by atoms with E-state index in [1.807, 2.05) is 42.5 Å². The van der Waals surface area contributed by atoms with Crippen LogP contribution in [-0.4, -0.2) is 15.0 Å². The van der Waals surface area contributed by atoms with E-state index < -0.39 is 7.92 Å². The van der Waals surface area contributed by atoms with Crippen LogP contribution in [-0.2, 0) is 0 Å². The lowest BCUT2D eigenvalue weighted by Gasteiger charge is -2.16. The fourth-order valence-corrected chi connectivity index (χ4v) is 3.81. The minimum Gasteiger partial charge on any atom is -0.397 e. The smallest absolute Gasteiger partial charge is 0.0755 e. The van der Waals surface area contributed by atoms with Crippen LogP contribution in [0.4, 0.5) is 11.4 Å². The zero-order valence-corrected chi connectivity index (χ0v) is 12.1. The molecule has 21 heavy (non-hydrogen) atoms. The van der Waals surface area contributed by atoms with Gasteiger partial charge in [-0.25, -0.2) is 0 Å². The lowest BCUT2D eigenvalue weighted by atomic mass is 10.4. The van der Waals surface area contributed by atoms with Gasteiger partial charge < -0.3 is 11.5 Å². The molecule has 0 saturated carbocycles. The second kappa shape index (κ2) is 5.85. The second-order valence-corrected chi connectivity index (χ2v) is 6.47. The quantitative estimate of drug-likeness (QED) is 0.697. The summed E-state index contributed by atoms with van der Waals surface area (Å²) in [6.07, 6.45) is 5.09. The molecule has 3 heterocycles. The fourth-order valence-electron chi connectivity index (χ4n) is 1.90. The summed E-state index contributed by atoms with van der Waals surface area (Å²) in [5.74, 6) is 0. The summed E-state index contributed by atoms with van der Waals surface area (Å²) in [6, 6.07) is 13.4. The molecule has 104 valence electrons. The predicted octanol–water partition coefficient (Wildman–Crippen LogP) is 0.794. The second-order valence-electron chi connectivity index (χ2n) is 4.42. The molecule has 4 N–H and O–H groups in total. The SMILES string of the molecule is Nc1ccc(P(c2ccccn2)c2ccc(N)cn2)nc1. The summed E-state index contributed by atoms with van der Waals surface area (Å²) in [7, 11) is -0.915. The van der Waals surface area contributed by atoms with Crippen molar-refractivity contribution in [2.45, 2.75) is 0 Å². The molecule has 0 bridgehead atoms. The van der Waals surface area contributed by atoms with E-state index in [0.29, 0.717) is 11.4 Å². The van der Waals surface area contributed by atoms with E-state index in [1.54, 1.807) is 18.6 Å². The first-order chi connectivity index (χ1) is 10.2. The molecule has 0 aliphatic rings. The van der Waals surface area contributed by atoms with E-state index in [0.717, 1.165) is 16.3 Å². The first-order valence-electron chi connectivity index (χ1n) is 6.38. The number of hydrogen-bond donors (Lipinski definition) is 2. The van der Waals surface area contributed by atoms with Gasteiger partial charge in [0.05, 0.1) is 40.1 Å². The van der Waals surface area contributed by atoms with Crippen molar-refractivity contribution in [3.8, 4) is 0 Å². The van der Waals surface area contributed by atoms with Crippen LogP contribution in [0.2, 0.25) is 0 Å². The maximum Gasteiger partial charge on any atom is 0.0755 e. The number of nitrogens with two attached hydrogens (primary N) is 2. The van der Waals surface area contributed by atoms with Gasteiger partial charge in [0.25, 0.3) is 0 Å². The number of nitrogen functional groups attached to an aromatic ring is 2. The Bertz CT molecular complexity index is 668. The molecule has 0 radical (unpaired) electrons. The number of rotatable bonds is 3. The van der Waals surface area contributed by atoms with E-state index in [-0.39, 0.29) is 0 Å². The van der Waals surface area contributed by atoms with Crippen molar-refractivity contribution < 1.29 is 0 Å². The summed E-state index contributed by atoms with van der Waals surface area (Å²) >= 11 is 0. The summed E-state index contributed by atoms with van der Waals surface area (Å²) in [6.45, 7) is 0. The molecule has 6 heteroatoms. The lowest BCUT2D eigenvalue weighted by molar-refractivity contribution is 1.35. The number of anilines is 2. The molecule has 0 aliphatic heterocycles. The van der Waals surface area contributed by atoms with Crippen LogP contribution in [0, 0.1) is 0 Å². The highest BCUT2D eigenvalue weighted by Gasteiger charge is 2.20. The lowest BCUT2D eigenvalue weighted by Crippen LogP contribution is -2.26. The van der Waals surface area contributed by atoms with E-state index in [2.05, 4.69) is 15.0 Å². The Kier molecular flexibility index (Phi) is 3.75. The first kappa shape index (κ1) is 13.5. The maximum atomic E-state index is 5.72. The van der Waals surface area contributed by atoms with Gasteiger partial charge in [0.2, 0.25) is 0 Å². The van der Waals surface area contributed by atoms with E-state index in [4.69, 9.17) is 11.5 Å². The van der Waals surface area contributed by atoms with Crippen LogP contribution in [0.25, 0.3) is 0 Å². The van der Waals surface area contributed by atoms with Crippen molar-refractivity contribution in [2.75, 3.05) is 11.5 Å². The van der Waals surface area contributed by atoms with Gasteiger partial charge in [0, 0.05) is 14.1 Å². The molecule has 3 rings (SSSR count). The number of hydrogen-bond acceptors (Lipinski definition) is 5. The Labute approximate surface area is 123 Å². The zero-order valence-electron chi connectivity index (χ0n) is 11.2. The third-order valence-corrected chi connectivity index (χ3v) is 5.05. The molecule has 0 amide bonds. The van der Waals surface area contributed by atoms with Crippen LogP contribution in [0.3, 0.4) is 0 Å². The van der Waals surface area contributed by atoms with Crippen molar-refractivity contribution in [3.05, 3.63) is 61.1 Å². The molecule has 0 aromatic carbocycles. The van der Waals surface area contributed by atoms with Crippen molar-refractivity contribution in [1.29, 1.82) is 0 Å². The topological polar surface area (TPSA) is 90.7 Å². The van der Waals surface area contributed by atoms with Gasteiger partial charge in [-0.05, 0) is 36.4 Å². The molecule has 3 aromatic heterocycles. The van der Waals surface area contributed by atoms with E-state index in [9.17, 15) is 0 Å². The molecular formula is C15H14N5P. The molecule has 3 aromatic rings. The van der Waals surface area contributed by atoms with Gasteiger partial charge in [-0.1, -0.05) is 6.07 Å². The molecule has 0 spiro atoms. The van der Waals surface area contributed by atoms with Crippen LogP contribution >= 0.6 is 7.92 Å². The molecule has 0 aliphatic carbocycles. The van der Waals surface area contributed by atoms with Gasteiger partial charge in [-0.2, -0.15) is 0 Å². The molecular weight excluding hydrogens is 281 g/mol. The van der Waals surface area contributed by atoms with Crippen molar-refractivity contribution in [2.24, 2.45) is 0 Å². The van der Waals surface area contributed by atoms with Crippen LogP contribution in [0.15, 0.2) is 61.1 Å². The van der Waals surface area contributed by atoms with Crippen molar-refractivity contribution in [3.63, 3.8) is 0 Å². The Hall–Kier alpha value is -2.52. The molecule has 0 unspecified atom stereocenters. The van der Waals surface area contributed by atoms with Gasteiger partial charge in [-0.15, -0.1) is 0 Å². The number of pyridine rings is 3. The Morgan fingerprint density at radius 2 is 1.24 bits per heavy atom. The van der Waals surface area contributed by atoms with Crippen molar-refractivity contribution in [1.82, 2.24) is 15.0 Å². The normalized spacial score (nSPS) is 10.7.